The van der Waals surface area contributed by atoms with Gasteiger partial charge in [0.25, 0.3) is 0 Å². The number of nitrogens with zero attached hydrogens (tertiary/aromatic N) is 2. The van der Waals surface area contributed by atoms with Crippen LogP contribution in [0.25, 0.3) is 10.9 Å². The second-order valence-corrected chi connectivity index (χ2v) is 4.57. The SMILES string of the molecule is O=C(CCc1c[nH]c2ccccc12)NCc1ncn[nH]1. The molecule has 0 aliphatic heterocycles. The van der Waals surface area contributed by atoms with E-state index in [2.05, 4.69) is 31.5 Å². The van der Waals surface area contributed by atoms with Gasteiger partial charge >= 0.3 is 0 Å². The Bertz CT molecular complexity index is 701. The lowest BCUT2D eigenvalue weighted by molar-refractivity contribution is -0.121. The summed E-state index contributed by atoms with van der Waals surface area (Å²) in [4.78, 5) is 19.0. The molecule has 0 unspecified atom stereocenters. The highest BCUT2D eigenvalue weighted by atomic mass is 16.1. The molecule has 102 valence electrons. The van der Waals surface area contributed by atoms with Crippen LogP contribution >= 0.6 is 0 Å². The molecule has 20 heavy (non-hydrogen) atoms. The maximum Gasteiger partial charge on any atom is 0.220 e. The number of para-hydroxylation sites is 1. The van der Waals surface area contributed by atoms with Crippen LogP contribution < -0.4 is 5.32 Å². The van der Waals surface area contributed by atoms with Gasteiger partial charge in [0.1, 0.15) is 12.2 Å². The van der Waals surface area contributed by atoms with Crippen LogP contribution in [0.1, 0.15) is 17.8 Å². The van der Waals surface area contributed by atoms with E-state index in [-0.39, 0.29) is 5.91 Å². The normalized spacial score (nSPS) is 10.8. The summed E-state index contributed by atoms with van der Waals surface area (Å²) in [6.07, 6.45) is 4.56. The summed E-state index contributed by atoms with van der Waals surface area (Å²) in [5.74, 6) is 0.664. The minimum Gasteiger partial charge on any atom is -0.361 e. The molecule has 0 radical (unpaired) electrons. The first-order chi connectivity index (χ1) is 9.83. The summed E-state index contributed by atoms with van der Waals surface area (Å²) >= 11 is 0. The number of carbonyl (C=O) groups excluding carboxylic acids is 1. The highest BCUT2D eigenvalue weighted by molar-refractivity contribution is 5.84. The number of aromatic nitrogens is 4. The van der Waals surface area contributed by atoms with Crippen LogP contribution in [0.3, 0.4) is 0 Å². The van der Waals surface area contributed by atoms with E-state index in [4.69, 9.17) is 0 Å². The molecule has 0 fully saturated rings. The van der Waals surface area contributed by atoms with Crippen molar-refractivity contribution >= 4 is 16.8 Å². The molecule has 6 nitrogen and oxygen atoms in total. The first-order valence-corrected chi connectivity index (χ1v) is 6.49. The molecule has 0 atom stereocenters. The van der Waals surface area contributed by atoms with Gasteiger partial charge in [-0.2, -0.15) is 5.10 Å². The Morgan fingerprint density at radius 2 is 2.20 bits per heavy atom. The summed E-state index contributed by atoms with van der Waals surface area (Å²) in [7, 11) is 0. The minimum absolute atomic E-state index is 0.00619. The number of carbonyl (C=O) groups is 1. The number of benzene rings is 1. The number of amides is 1. The number of aryl methyl sites for hydroxylation is 1. The fraction of sp³-hybridized carbons (Fsp3) is 0.214. The molecule has 3 N–H and O–H groups in total. The maximum atomic E-state index is 11.8. The summed E-state index contributed by atoms with van der Waals surface area (Å²) in [5.41, 5.74) is 2.26. The molecule has 2 heterocycles. The van der Waals surface area contributed by atoms with Crippen LogP contribution in [0, 0.1) is 0 Å². The van der Waals surface area contributed by atoms with Gasteiger partial charge in [0, 0.05) is 23.5 Å². The third-order valence-electron chi connectivity index (χ3n) is 3.21. The van der Waals surface area contributed by atoms with Crippen LogP contribution in [-0.4, -0.2) is 26.1 Å². The second-order valence-electron chi connectivity index (χ2n) is 4.57. The van der Waals surface area contributed by atoms with Gasteiger partial charge in [-0.15, -0.1) is 0 Å². The molecule has 0 saturated heterocycles. The third-order valence-corrected chi connectivity index (χ3v) is 3.21. The van der Waals surface area contributed by atoms with Gasteiger partial charge in [-0.1, -0.05) is 18.2 Å². The van der Waals surface area contributed by atoms with Crippen molar-refractivity contribution in [2.24, 2.45) is 0 Å². The molecular weight excluding hydrogens is 254 g/mol. The zero-order chi connectivity index (χ0) is 13.8. The van der Waals surface area contributed by atoms with Gasteiger partial charge in [0.2, 0.25) is 5.91 Å². The molecule has 3 aromatic rings. The number of aromatic amines is 2. The van der Waals surface area contributed by atoms with Crippen LogP contribution in [0.4, 0.5) is 0 Å². The summed E-state index contributed by atoms with van der Waals surface area (Å²) in [6.45, 7) is 0.382. The fourth-order valence-electron chi connectivity index (χ4n) is 2.17. The smallest absolute Gasteiger partial charge is 0.220 e. The van der Waals surface area contributed by atoms with E-state index in [1.165, 1.54) is 11.7 Å². The Labute approximate surface area is 115 Å². The number of H-pyrrole nitrogens is 2. The summed E-state index contributed by atoms with van der Waals surface area (Å²) in [5, 5.41) is 10.4. The van der Waals surface area contributed by atoms with Crippen molar-refractivity contribution in [1.29, 1.82) is 0 Å². The van der Waals surface area contributed by atoms with Crippen molar-refractivity contribution in [3.63, 3.8) is 0 Å². The van der Waals surface area contributed by atoms with Crippen molar-refractivity contribution in [3.05, 3.63) is 48.2 Å². The quantitative estimate of drug-likeness (QED) is 0.656. The molecule has 0 spiro atoms. The van der Waals surface area contributed by atoms with E-state index in [0.717, 1.165) is 11.1 Å². The first-order valence-electron chi connectivity index (χ1n) is 6.49. The van der Waals surface area contributed by atoms with Crippen LogP contribution in [0.15, 0.2) is 36.8 Å². The van der Waals surface area contributed by atoms with Crippen molar-refractivity contribution in [2.45, 2.75) is 19.4 Å². The Morgan fingerprint density at radius 1 is 1.30 bits per heavy atom. The van der Waals surface area contributed by atoms with Crippen molar-refractivity contribution in [2.75, 3.05) is 0 Å². The summed E-state index contributed by atoms with van der Waals surface area (Å²) < 4.78 is 0. The number of hydrogen-bond acceptors (Lipinski definition) is 3. The fourth-order valence-corrected chi connectivity index (χ4v) is 2.17. The molecule has 0 saturated carbocycles. The Balaban J connectivity index is 1.55. The average Bonchev–Trinajstić information content (AvgIpc) is 3.12. The second kappa shape index (κ2) is 5.56. The van der Waals surface area contributed by atoms with E-state index < -0.39 is 0 Å². The number of nitrogens with one attached hydrogen (secondary N) is 3. The predicted molar refractivity (Wildman–Crippen MR) is 74.8 cm³/mol. The first kappa shape index (κ1) is 12.4. The van der Waals surface area contributed by atoms with Crippen molar-refractivity contribution in [1.82, 2.24) is 25.5 Å². The lowest BCUT2D eigenvalue weighted by atomic mass is 10.1. The largest absolute Gasteiger partial charge is 0.361 e. The van der Waals surface area contributed by atoms with Crippen molar-refractivity contribution < 1.29 is 4.79 Å². The zero-order valence-electron chi connectivity index (χ0n) is 10.9. The Kier molecular flexibility index (Phi) is 3.45. The van der Waals surface area contributed by atoms with Gasteiger partial charge in [0.15, 0.2) is 0 Å². The van der Waals surface area contributed by atoms with Gasteiger partial charge in [-0.3, -0.25) is 9.89 Å². The summed E-state index contributed by atoms with van der Waals surface area (Å²) in [6, 6.07) is 8.09. The van der Waals surface area contributed by atoms with Gasteiger partial charge in [0.05, 0.1) is 6.54 Å². The van der Waals surface area contributed by atoms with Crippen LogP contribution in [0.5, 0.6) is 0 Å². The molecule has 2 aromatic heterocycles. The molecule has 0 aliphatic carbocycles. The molecule has 0 aliphatic rings. The lowest BCUT2D eigenvalue weighted by Crippen LogP contribution is -2.23. The van der Waals surface area contributed by atoms with E-state index in [0.29, 0.717) is 25.2 Å². The standard InChI is InChI=1S/C14H15N5O/c20-14(16-8-13-17-9-18-19-13)6-5-10-7-15-12-4-2-1-3-11(10)12/h1-4,7,9,15H,5-6,8H2,(H,16,20)(H,17,18,19). The van der Waals surface area contributed by atoms with E-state index >= 15 is 0 Å². The van der Waals surface area contributed by atoms with Crippen LogP contribution in [-0.2, 0) is 17.8 Å². The van der Waals surface area contributed by atoms with Crippen molar-refractivity contribution in [3.8, 4) is 0 Å². The predicted octanol–water partition coefficient (Wildman–Crippen LogP) is 1.53. The number of fused-ring (bicyclic) bond motifs is 1. The minimum atomic E-state index is 0.00619. The number of hydrogen-bond donors (Lipinski definition) is 3. The molecule has 6 heteroatoms. The van der Waals surface area contributed by atoms with Gasteiger partial charge in [-0.05, 0) is 18.1 Å². The monoisotopic (exact) mass is 269 g/mol. The Hall–Kier alpha value is -2.63. The average molecular weight is 269 g/mol. The lowest BCUT2D eigenvalue weighted by Gasteiger charge is -2.02. The molecule has 0 bridgehead atoms. The molecular formula is C14H15N5O. The topological polar surface area (TPSA) is 86.5 Å². The van der Waals surface area contributed by atoms with Crippen LogP contribution in [0.2, 0.25) is 0 Å². The highest BCUT2D eigenvalue weighted by Gasteiger charge is 2.07. The molecule has 1 amide bonds. The maximum absolute atomic E-state index is 11.8. The van der Waals surface area contributed by atoms with E-state index in [1.54, 1.807) is 0 Å². The number of rotatable bonds is 5. The third kappa shape index (κ3) is 2.69. The zero-order valence-corrected chi connectivity index (χ0v) is 10.9. The Morgan fingerprint density at radius 3 is 3.05 bits per heavy atom. The molecule has 1 aromatic carbocycles. The molecule has 3 rings (SSSR count). The highest BCUT2D eigenvalue weighted by Crippen LogP contribution is 2.18. The van der Waals surface area contributed by atoms with E-state index in [9.17, 15) is 4.79 Å². The van der Waals surface area contributed by atoms with Gasteiger partial charge < -0.3 is 10.3 Å². The van der Waals surface area contributed by atoms with E-state index in [1.807, 2.05) is 24.4 Å². The van der Waals surface area contributed by atoms with Gasteiger partial charge in [-0.25, -0.2) is 4.98 Å².